The van der Waals surface area contributed by atoms with Crippen molar-refractivity contribution in [1.29, 1.82) is 0 Å². The van der Waals surface area contributed by atoms with Gasteiger partial charge in [0, 0.05) is 17.5 Å². The molecule has 1 unspecified atom stereocenters. The van der Waals surface area contributed by atoms with Crippen molar-refractivity contribution in [1.82, 2.24) is 5.32 Å². The lowest BCUT2D eigenvalue weighted by Gasteiger charge is -2.14. The standard InChI is InChI=1S/C16H20ClNO2S/c1-3-19-13-6-4-5-7-14(13)20-11-10-18-12(2)15-8-9-16(17)21-15/h4-9,12,18H,3,10-11H2,1-2H3. The Morgan fingerprint density at radius 2 is 1.86 bits per heavy atom. The van der Waals surface area contributed by atoms with E-state index in [2.05, 4.69) is 18.3 Å². The molecule has 0 aliphatic carbocycles. The first-order valence-electron chi connectivity index (χ1n) is 7.04. The third kappa shape index (κ3) is 4.92. The SMILES string of the molecule is CCOc1ccccc1OCCNC(C)c1ccc(Cl)s1. The summed E-state index contributed by atoms with van der Waals surface area (Å²) in [6.07, 6.45) is 0. The highest BCUT2D eigenvalue weighted by atomic mass is 35.5. The van der Waals surface area contributed by atoms with Crippen LogP contribution in [0.3, 0.4) is 0 Å². The van der Waals surface area contributed by atoms with Crippen LogP contribution in [-0.2, 0) is 0 Å². The van der Waals surface area contributed by atoms with Gasteiger partial charge in [0.15, 0.2) is 11.5 Å². The summed E-state index contributed by atoms with van der Waals surface area (Å²) in [5.74, 6) is 1.58. The Kier molecular flexibility index (Phi) is 6.36. The van der Waals surface area contributed by atoms with Crippen LogP contribution in [0.5, 0.6) is 11.5 Å². The maximum absolute atomic E-state index is 5.95. The van der Waals surface area contributed by atoms with Crippen molar-refractivity contribution in [2.75, 3.05) is 19.8 Å². The number of para-hydroxylation sites is 2. The molecule has 2 rings (SSSR count). The molecule has 0 aliphatic heterocycles. The number of thiophene rings is 1. The van der Waals surface area contributed by atoms with Crippen LogP contribution in [-0.4, -0.2) is 19.8 Å². The van der Waals surface area contributed by atoms with Crippen LogP contribution in [0.2, 0.25) is 4.34 Å². The molecular formula is C16H20ClNO2S. The van der Waals surface area contributed by atoms with Gasteiger partial charge in [-0.15, -0.1) is 11.3 Å². The first-order chi connectivity index (χ1) is 10.2. The highest BCUT2D eigenvalue weighted by Gasteiger charge is 2.08. The number of hydrogen-bond donors (Lipinski definition) is 1. The van der Waals surface area contributed by atoms with E-state index in [1.807, 2.05) is 37.3 Å². The van der Waals surface area contributed by atoms with Crippen LogP contribution >= 0.6 is 22.9 Å². The maximum Gasteiger partial charge on any atom is 0.161 e. The smallest absolute Gasteiger partial charge is 0.161 e. The third-order valence-electron chi connectivity index (χ3n) is 2.98. The largest absolute Gasteiger partial charge is 0.490 e. The van der Waals surface area contributed by atoms with Crippen molar-refractivity contribution >= 4 is 22.9 Å². The van der Waals surface area contributed by atoms with Gasteiger partial charge in [-0.2, -0.15) is 0 Å². The fourth-order valence-electron chi connectivity index (χ4n) is 1.94. The van der Waals surface area contributed by atoms with Crippen LogP contribution in [0.15, 0.2) is 36.4 Å². The molecule has 0 saturated carbocycles. The van der Waals surface area contributed by atoms with E-state index in [0.717, 1.165) is 22.4 Å². The van der Waals surface area contributed by atoms with Crippen molar-refractivity contribution in [3.8, 4) is 11.5 Å². The van der Waals surface area contributed by atoms with E-state index in [9.17, 15) is 0 Å². The van der Waals surface area contributed by atoms with E-state index in [1.165, 1.54) is 4.88 Å². The summed E-state index contributed by atoms with van der Waals surface area (Å²) in [5.41, 5.74) is 0. The molecule has 0 amide bonds. The van der Waals surface area contributed by atoms with Crippen molar-refractivity contribution < 1.29 is 9.47 Å². The van der Waals surface area contributed by atoms with E-state index in [-0.39, 0.29) is 6.04 Å². The van der Waals surface area contributed by atoms with Crippen molar-refractivity contribution in [3.05, 3.63) is 45.6 Å². The number of hydrogen-bond acceptors (Lipinski definition) is 4. The second-order valence-electron chi connectivity index (χ2n) is 4.55. The molecule has 5 heteroatoms. The van der Waals surface area contributed by atoms with Gasteiger partial charge in [0.05, 0.1) is 10.9 Å². The molecule has 1 N–H and O–H groups in total. The van der Waals surface area contributed by atoms with Crippen LogP contribution < -0.4 is 14.8 Å². The maximum atomic E-state index is 5.95. The minimum atomic E-state index is 0.272. The fourth-order valence-corrected chi connectivity index (χ4v) is 3.03. The summed E-state index contributed by atoms with van der Waals surface area (Å²) in [6.45, 7) is 6.07. The number of halogens is 1. The number of rotatable bonds is 8. The van der Waals surface area contributed by atoms with Gasteiger partial charge in [-0.3, -0.25) is 0 Å². The van der Waals surface area contributed by atoms with Gasteiger partial charge in [-0.05, 0) is 38.1 Å². The summed E-state index contributed by atoms with van der Waals surface area (Å²) in [7, 11) is 0. The lowest BCUT2D eigenvalue weighted by Crippen LogP contribution is -2.23. The van der Waals surface area contributed by atoms with Gasteiger partial charge in [-0.25, -0.2) is 0 Å². The van der Waals surface area contributed by atoms with Gasteiger partial charge in [0.2, 0.25) is 0 Å². The fraction of sp³-hybridized carbons (Fsp3) is 0.375. The van der Waals surface area contributed by atoms with Crippen LogP contribution in [0.1, 0.15) is 24.8 Å². The monoisotopic (exact) mass is 325 g/mol. The van der Waals surface area contributed by atoms with Crippen molar-refractivity contribution in [2.45, 2.75) is 19.9 Å². The molecule has 0 saturated heterocycles. The first-order valence-corrected chi connectivity index (χ1v) is 8.23. The van der Waals surface area contributed by atoms with E-state index < -0.39 is 0 Å². The van der Waals surface area contributed by atoms with Crippen LogP contribution in [0.4, 0.5) is 0 Å². The Morgan fingerprint density at radius 1 is 1.14 bits per heavy atom. The second kappa shape index (κ2) is 8.27. The minimum absolute atomic E-state index is 0.272. The molecule has 3 nitrogen and oxygen atoms in total. The summed E-state index contributed by atoms with van der Waals surface area (Å²) in [6, 6.07) is 12.0. The summed E-state index contributed by atoms with van der Waals surface area (Å²) >= 11 is 7.55. The molecule has 1 aromatic heterocycles. The molecule has 2 aromatic rings. The first kappa shape index (κ1) is 16.1. The normalized spacial score (nSPS) is 12.1. The highest BCUT2D eigenvalue weighted by Crippen LogP contribution is 2.27. The van der Waals surface area contributed by atoms with Gasteiger partial charge >= 0.3 is 0 Å². The van der Waals surface area contributed by atoms with E-state index in [4.69, 9.17) is 21.1 Å². The topological polar surface area (TPSA) is 30.5 Å². The Morgan fingerprint density at radius 3 is 2.48 bits per heavy atom. The molecule has 0 aliphatic rings. The van der Waals surface area contributed by atoms with E-state index in [1.54, 1.807) is 11.3 Å². The molecule has 114 valence electrons. The van der Waals surface area contributed by atoms with Gasteiger partial charge in [-0.1, -0.05) is 23.7 Å². The van der Waals surface area contributed by atoms with Crippen LogP contribution in [0, 0.1) is 0 Å². The second-order valence-corrected chi connectivity index (χ2v) is 6.29. The van der Waals surface area contributed by atoms with Gasteiger partial charge < -0.3 is 14.8 Å². The Bertz CT molecular complexity index is 559. The molecule has 21 heavy (non-hydrogen) atoms. The molecular weight excluding hydrogens is 306 g/mol. The molecule has 1 heterocycles. The molecule has 1 aromatic carbocycles. The van der Waals surface area contributed by atoms with Crippen molar-refractivity contribution in [3.63, 3.8) is 0 Å². The summed E-state index contributed by atoms with van der Waals surface area (Å²) < 4.78 is 12.1. The zero-order valence-electron chi connectivity index (χ0n) is 12.3. The zero-order chi connectivity index (χ0) is 15.1. The predicted octanol–water partition coefficient (Wildman–Crippen LogP) is 4.53. The van der Waals surface area contributed by atoms with Crippen LogP contribution in [0.25, 0.3) is 0 Å². The quantitative estimate of drug-likeness (QED) is 0.723. The molecule has 0 fully saturated rings. The minimum Gasteiger partial charge on any atom is -0.490 e. The number of ether oxygens (including phenoxy) is 2. The predicted molar refractivity (Wildman–Crippen MR) is 88.9 cm³/mol. The number of benzene rings is 1. The number of nitrogens with one attached hydrogen (secondary N) is 1. The molecule has 0 bridgehead atoms. The van der Waals surface area contributed by atoms with E-state index >= 15 is 0 Å². The average molecular weight is 326 g/mol. The van der Waals surface area contributed by atoms with Gasteiger partial charge in [0.1, 0.15) is 6.61 Å². The summed E-state index contributed by atoms with van der Waals surface area (Å²) in [4.78, 5) is 1.23. The molecule has 1 atom stereocenters. The lowest BCUT2D eigenvalue weighted by molar-refractivity contribution is 0.273. The third-order valence-corrected chi connectivity index (χ3v) is 4.39. The Labute approximate surface area is 134 Å². The van der Waals surface area contributed by atoms with Crippen molar-refractivity contribution in [2.24, 2.45) is 0 Å². The van der Waals surface area contributed by atoms with Gasteiger partial charge in [0.25, 0.3) is 0 Å². The Balaban J connectivity index is 1.77. The van der Waals surface area contributed by atoms with E-state index in [0.29, 0.717) is 13.2 Å². The zero-order valence-corrected chi connectivity index (χ0v) is 13.8. The summed E-state index contributed by atoms with van der Waals surface area (Å²) in [5, 5.41) is 3.42. The molecule has 0 spiro atoms. The molecule has 0 radical (unpaired) electrons. The highest BCUT2D eigenvalue weighted by molar-refractivity contribution is 7.16. The average Bonchev–Trinajstić information content (AvgIpc) is 2.92. The lowest BCUT2D eigenvalue weighted by atomic mass is 10.3. The Hall–Kier alpha value is -1.23.